The van der Waals surface area contributed by atoms with Crippen molar-refractivity contribution in [2.75, 3.05) is 5.32 Å². The summed E-state index contributed by atoms with van der Waals surface area (Å²) in [6.45, 7) is 4.63. The first-order valence-corrected chi connectivity index (χ1v) is 6.62. The van der Waals surface area contributed by atoms with Gasteiger partial charge >= 0.3 is 5.97 Å². The number of nitrogens with one attached hydrogen (secondary N) is 1. The topological polar surface area (TPSA) is 62.2 Å². The summed E-state index contributed by atoms with van der Waals surface area (Å²) in [6, 6.07) is 11.3. The molecular formula is C16H18N2O2. The van der Waals surface area contributed by atoms with Gasteiger partial charge in [-0.2, -0.15) is 0 Å². The van der Waals surface area contributed by atoms with Gasteiger partial charge in [0.15, 0.2) is 0 Å². The predicted molar refractivity (Wildman–Crippen MR) is 79.1 cm³/mol. The monoisotopic (exact) mass is 270 g/mol. The van der Waals surface area contributed by atoms with E-state index in [0.29, 0.717) is 18.8 Å². The van der Waals surface area contributed by atoms with Crippen molar-refractivity contribution < 1.29 is 9.90 Å². The zero-order valence-corrected chi connectivity index (χ0v) is 11.7. The molecule has 0 saturated heterocycles. The van der Waals surface area contributed by atoms with Crippen LogP contribution in [0.5, 0.6) is 0 Å². The van der Waals surface area contributed by atoms with E-state index < -0.39 is 5.97 Å². The van der Waals surface area contributed by atoms with Gasteiger partial charge in [0.2, 0.25) is 0 Å². The Morgan fingerprint density at radius 3 is 2.75 bits per heavy atom. The molecule has 4 heteroatoms. The summed E-state index contributed by atoms with van der Waals surface area (Å²) < 4.78 is 0. The summed E-state index contributed by atoms with van der Waals surface area (Å²) in [5.41, 5.74) is 3.39. The van der Waals surface area contributed by atoms with E-state index in [0.717, 1.165) is 11.3 Å². The Kier molecular flexibility index (Phi) is 4.35. The van der Waals surface area contributed by atoms with Gasteiger partial charge in [0.05, 0.1) is 5.56 Å². The van der Waals surface area contributed by atoms with Crippen LogP contribution in [0.4, 0.5) is 5.82 Å². The van der Waals surface area contributed by atoms with Crippen LogP contribution >= 0.6 is 0 Å². The number of carboxylic acid groups (broad SMARTS) is 1. The number of hydrogen-bond acceptors (Lipinski definition) is 3. The average Bonchev–Trinajstić information content (AvgIpc) is 2.45. The molecule has 0 radical (unpaired) electrons. The van der Waals surface area contributed by atoms with Crippen LogP contribution in [0.1, 0.15) is 34.1 Å². The molecule has 0 unspecified atom stereocenters. The number of carboxylic acids is 1. The first kappa shape index (κ1) is 14.1. The van der Waals surface area contributed by atoms with Crippen LogP contribution in [0.25, 0.3) is 0 Å². The van der Waals surface area contributed by atoms with E-state index in [9.17, 15) is 4.79 Å². The molecule has 2 N–H and O–H groups in total. The Morgan fingerprint density at radius 1 is 1.30 bits per heavy atom. The summed E-state index contributed by atoms with van der Waals surface area (Å²) in [5.74, 6) is -0.330. The fourth-order valence-electron chi connectivity index (χ4n) is 2.00. The number of carbonyl (C=O) groups is 1. The summed E-state index contributed by atoms with van der Waals surface area (Å²) in [4.78, 5) is 15.5. The molecule has 20 heavy (non-hydrogen) atoms. The molecule has 104 valence electrons. The summed E-state index contributed by atoms with van der Waals surface area (Å²) >= 11 is 0. The van der Waals surface area contributed by atoms with Crippen molar-refractivity contribution in [3.05, 3.63) is 58.8 Å². The maximum Gasteiger partial charge on any atom is 0.335 e. The van der Waals surface area contributed by atoms with E-state index in [2.05, 4.69) is 16.4 Å². The number of anilines is 1. The molecule has 0 aliphatic carbocycles. The van der Waals surface area contributed by atoms with Crippen LogP contribution in [-0.4, -0.2) is 16.1 Å². The van der Waals surface area contributed by atoms with Crippen molar-refractivity contribution in [2.45, 2.75) is 26.8 Å². The quantitative estimate of drug-likeness (QED) is 0.875. The van der Waals surface area contributed by atoms with Gasteiger partial charge in [-0.05, 0) is 31.0 Å². The van der Waals surface area contributed by atoms with Crippen molar-refractivity contribution in [1.82, 2.24) is 4.98 Å². The minimum Gasteiger partial charge on any atom is -0.478 e. The average molecular weight is 270 g/mol. The normalized spacial score (nSPS) is 10.3. The smallest absolute Gasteiger partial charge is 0.335 e. The largest absolute Gasteiger partial charge is 0.478 e. The van der Waals surface area contributed by atoms with Gasteiger partial charge in [0, 0.05) is 12.2 Å². The number of aromatic nitrogens is 1. The molecule has 0 saturated carbocycles. The molecule has 1 aromatic heterocycles. The Hall–Kier alpha value is -2.36. The van der Waals surface area contributed by atoms with Gasteiger partial charge in [-0.1, -0.05) is 36.8 Å². The maximum atomic E-state index is 11.1. The number of rotatable bonds is 5. The van der Waals surface area contributed by atoms with E-state index in [1.165, 1.54) is 5.56 Å². The van der Waals surface area contributed by atoms with Crippen LogP contribution < -0.4 is 5.32 Å². The number of aromatic carboxylic acids is 1. The maximum absolute atomic E-state index is 11.1. The first-order valence-electron chi connectivity index (χ1n) is 6.62. The van der Waals surface area contributed by atoms with E-state index in [-0.39, 0.29) is 5.56 Å². The molecule has 0 atom stereocenters. The lowest BCUT2D eigenvalue weighted by molar-refractivity contribution is 0.0696. The summed E-state index contributed by atoms with van der Waals surface area (Å²) in [6.07, 6.45) is 0.709. The van der Waals surface area contributed by atoms with Crippen LogP contribution in [0.2, 0.25) is 0 Å². The second-order valence-corrected chi connectivity index (χ2v) is 4.73. The van der Waals surface area contributed by atoms with E-state index in [1.54, 1.807) is 12.1 Å². The highest BCUT2D eigenvalue weighted by molar-refractivity contribution is 5.88. The fraction of sp³-hybridized carbons (Fsp3) is 0.250. The molecule has 0 bridgehead atoms. The van der Waals surface area contributed by atoms with Crippen molar-refractivity contribution in [3.63, 3.8) is 0 Å². The third-order valence-electron chi connectivity index (χ3n) is 3.04. The second kappa shape index (κ2) is 6.19. The molecule has 0 aliphatic rings. The highest BCUT2D eigenvalue weighted by Gasteiger charge is 2.07. The van der Waals surface area contributed by atoms with Crippen molar-refractivity contribution in [1.29, 1.82) is 0 Å². The van der Waals surface area contributed by atoms with E-state index in [1.807, 2.05) is 32.0 Å². The molecule has 4 nitrogen and oxygen atoms in total. The third-order valence-corrected chi connectivity index (χ3v) is 3.04. The van der Waals surface area contributed by atoms with Gasteiger partial charge in [-0.25, -0.2) is 9.78 Å². The zero-order chi connectivity index (χ0) is 14.5. The van der Waals surface area contributed by atoms with Crippen molar-refractivity contribution >= 4 is 11.8 Å². The van der Waals surface area contributed by atoms with Crippen LogP contribution in [-0.2, 0) is 13.0 Å². The molecule has 2 rings (SSSR count). The highest BCUT2D eigenvalue weighted by Crippen LogP contribution is 2.13. The Morgan fingerprint density at radius 2 is 2.10 bits per heavy atom. The predicted octanol–water partition coefficient (Wildman–Crippen LogP) is 3.26. The third kappa shape index (κ3) is 3.57. The second-order valence-electron chi connectivity index (χ2n) is 4.73. The minimum atomic E-state index is -0.930. The standard InChI is InChI=1S/C16H18N2O2/c1-3-14-8-13(16(19)20)9-15(18-14)17-10-12-6-4-5-11(2)7-12/h4-9H,3,10H2,1-2H3,(H,17,18)(H,19,20). The van der Waals surface area contributed by atoms with Crippen LogP contribution in [0.15, 0.2) is 36.4 Å². The fourth-order valence-corrected chi connectivity index (χ4v) is 2.00. The van der Waals surface area contributed by atoms with E-state index >= 15 is 0 Å². The molecule has 1 aromatic carbocycles. The van der Waals surface area contributed by atoms with Gasteiger partial charge < -0.3 is 10.4 Å². The SMILES string of the molecule is CCc1cc(C(=O)O)cc(NCc2cccc(C)c2)n1. The lowest BCUT2D eigenvalue weighted by atomic mass is 10.1. The lowest BCUT2D eigenvalue weighted by Crippen LogP contribution is -2.06. The van der Waals surface area contributed by atoms with E-state index in [4.69, 9.17) is 5.11 Å². The van der Waals surface area contributed by atoms with Gasteiger partial charge in [0.25, 0.3) is 0 Å². The Labute approximate surface area is 118 Å². The summed E-state index contributed by atoms with van der Waals surface area (Å²) in [7, 11) is 0. The van der Waals surface area contributed by atoms with Crippen LogP contribution in [0, 0.1) is 6.92 Å². The molecule has 0 fully saturated rings. The number of benzene rings is 1. The Balaban J connectivity index is 2.16. The van der Waals surface area contributed by atoms with Gasteiger partial charge in [0.1, 0.15) is 5.82 Å². The first-order chi connectivity index (χ1) is 9.58. The summed E-state index contributed by atoms with van der Waals surface area (Å²) in [5, 5.41) is 12.3. The molecule has 0 amide bonds. The van der Waals surface area contributed by atoms with Crippen LogP contribution in [0.3, 0.4) is 0 Å². The molecule has 0 aliphatic heterocycles. The highest BCUT2D eigenvalue weighted by atomic mass is 16.4. The number of aryl methyl sites for hydroxylation is 2. The molecule has 1 heterocycles. The number of nitrogens with zero attached hydrogens (tertiary/aromatic N) is 1. The molecule has 2 aromatic rings. The van der Waals surface area contributed by atoms with Crippen molar-refractivity contribution in [3.8, 4) is 0 Å². The molecular weight excluding hydrogens is 252 g/mol. The Bertz CT molecular complexity index is 624. The number of pyridine rings is 1. The zero-order valence-electron chi connectivity index (χ0n) is 11.7. The van der Waals surface area contributed by atoms with Gasteiger partial charge in [-0.3, -0.25) is 0 Å². The van der Waals surface area contributed by atoms with Gasteiger partial charge in [-0.15, -0.1) is 0 Å². The van der Waals surface area contributed by atoms with Crippen molar-refractivity contribution in [2.24, 2.45) is 0 Å². The number of hydrogen-bond donors (Lipinski definition) is 2. The minimum absolute atomic E-state index is 0.267. The molecule has 0 spiro atoms. The lowest BCUT2D eigenvalue weighted by Gasteiger charge is -2.09.